The number of hydrogen-bond donors (Lipinski definition) is 1. The fourth-order valence-electron chi connectivity index (χ4n) is 1.70. The smallest absolute Gasteiger partial charge is 0.00747 e. The van der Waals surface area contributed by atoms with Crippen LogP contribution < -0.4 is 5.73 Å². The summed E-state index contributed by atoms with van der Waals surface area (Å²) in [4.78, 5) is 0. The Morgan fingerprint density at radius 1 is 1.50 bits per heavy atom. The number of hydrogen-bond acceptors (Lipinski definition) is 1. The molecule has 0 heterocycles. The zero-order valence-electron chi connectivity index (χ0n) is 6.97. The fourth-order valence-corrected chi connectivity index (χ4v) is 1.70. The maximum Gasteiger partial charge on any atom is -0.00747 e. The molecule has 1 unspecified atom stereocenters. The van der Waals surface area contributed by atoms with Crippen LogP contribution in [0.3, 0.4) is 0 Å². The topological polar surface area (TPSA) is 26.0 Å². The molecule has 0 aromatic carbocycles. The molecule has 1 atom stereocenters. The third kappa shape index (κ3) is 2.30. The van der Waals surface area contributed by atoms with Crippen LogP contribution in [0.4, 0.5) is 0 Å². The lowest BCUT2D eigenvalue weighted by atomic mass is 9.79. The van der Waals surface area contributed by atoms with Gasteiger partial charge in [-0.25, -0.2) is 0 Å². The van der Waals surface area contributed by atoms with E-state index < -0.39 is 0 Å². The third-order valence-electron chi connectivity index (χ3n) is 2.62. The van der Waals surface area contributed by atoms with Gasteiger partial charge in [-0.1, -0.05) is 26.2 Å². The quantitative estimate of drug-likeness (QED) is 0.638. The van der Waals surface area contributed by atoms with E-state index in [-0.39, 0.29) is 0 Å². The molecule has 1 nitrogen and oxygen atoms in total. The molecule has 1 heteroatoms. The highest BCUT2D eigenvalue weighted by molar-refractivity contribution is 4.71. The monoisotopic (exact) mass is 141 g/mol. The number of nitrogens with two attached hydrogens (primary N) is 1. The summed E-state index contributed by atoms with van der Waals surface area (Å²) in [5.74, 6) is 1.93. The Bertz CT molecular complexity index is 86.7. The minimum atomic E-state index is 0.869. The van der Waals surface area contributed by atoms with Gasteiger partial charge in [-0.3, -0.25) is 0 Å². The molecule has 0 aromatic rings. The molecular weight excluding hydrogens is 122 g/mol. The van der Waals surface area contributed by atoms with Crippen LogP contribution in [0.25, 0.3) is 0 Å². The summed E-state index contributed by atoms with van der Waals surface area (Å²) >= 11 is 0. The first kappa shape index (κ1) is 8.06. The molecule has 1 aliphatic carbocycles. The van der Waals surface area contributed by atoms with E-state index in [9.17, 15) is 0 Å². The van der Waals surface area contributed by atoms with Crippen molar-refractivity contribution in [2.75, 3.05) is 6.54 Å². The molecule has 1 aliphatic rings. The lowest BCUT2D eigenvalue weighted by Gasteiger charge is -2.27. The van der Waals surface area contributed by atoms with E-state index in [0.717, 1.165) is 18.4 Å². The summed E-state index contributed by atoms with van der Waals surface area (Å²) in [6, 6.07) is 0. The van der Waals surface area contributed by atoms with Gasteiger partial charge in [-0.2, -0.15) is 0 Å². The first-order chi connectivity index (χ1) is 4.83. The first-order valence-electron chi connectivity index (χ1n) is 4.53. The van der Waals surface area contributed by atoms with Crippen LogP contribution in [0.2, 0.25) is 0 Å². The van der Waals surface area contributed by atoms with Crippen molar-refractivity contribution in [2.45, 2.75) is 39.0 Å². The Morgan fingerprint density at radius 3 is 2.60 bits per heavy atom. The van der Waals surface area contributed by atoms with Gasteiger partial charge < -0.3 is 5.73 Å². The van der Waals surface area contributed by atoms with E-state index in [0.29, 0.717) is 0 Å². The summed E-state index contributed by atoms with van der Waals surface area (Å²) in [6.07, 6.45) is 7.08. The fraction of sp³-hybridized carbons (Fsp3) is 1.00. The maximum absolute atomic E-state index is 5.46. The van der Waals surface area contributed by atoms with E-state index in [1.54, 1.807) is 0 Å². The van der Waals surface area contributed by atoms with Crippen LogP contribution in [0.1, 0.15) is 39.0 Å². The van der Waals surface area contributed by atoms with Crippen LogP contribution in [0.5, 0.6) is 0 Å². The van der Waals surface area contributed by atoms with Gasteiger partial charge in [0.25, 0.3) is 0 Å². The minimum Gasteiger partial charge on any atom is -0.330 e. The molecule has 1 fully saturated rings. The normalized spacial score (nSPS) is 22.2. The average Bonchev–Trinajstić information content (AvgIpc) is 1.80. The lowest BCUT2D eigenvalue weighted by Crippen LogP contribution is -2.16. The highest BCUT2D eigenvalue weighted by Gasteiger charge is 2.19. The van der Waals surface area contributed by atoms with Crippen molar-refractivity contribution in [1.29, 1.82) is 0 Å². The second kappa shape index (κ2) is 3.97. The van der Waals surface area contributed by atoms with Crippen molar-refractivity contribution in [3.05, 3.63) is 0 Å². The molecule has 0 saturated heterocycles. The Kier molecular flexibility index (Phi) is 3.20. The van der Waals surface area contributed by atoms with Crippen LogP contribution in [-0.4, -0.2) is 6.54 Å². The summed E-state index contributed by atoms with van der Waals surface area (Å²) in [5.41, 5.74) is 5.46. The van der Waals surface area contributed by atoms with Crippen molar-refractivity contribution in [3.63, 3.8) is 0 Å². The largest absolute Gasteiger partial charge is 0.330 e. The van der Waals surface area contributed by atoms with Gasteiger partial charge in [0.2, 0.25) is 0 Å². The van der Waals surface area contributed by atoms with E-state index in [4.69, 9.17) is 5.73 Å². The molecule has 10 heavy (non-hydrogen) atoms. The standard InChI is InChI=1S/C9H19N/c1-8(5-6-10)7-9-3-2-4-9/h8-9H,2-7,10H2,1H3. The molecule has 0 bridgehead atoms. The third-order valence-corrected chi connectivity index (χ3v) is 2.62. The Labute approximate surface area is 64.0 Å². The van der Waals surface area contributed by atoms with Gasteiger partial charge in [0, 0.05) is 0 Å². The van der Waals surface area contributed by atoms with Gasteiger partial charge >= 0.3 is 0 Å². The van der Waals surface area contributed by atoms with Crippen molar-refractivity contribution >= 4 is 0 Å². The van der Waals surface area contributed by atoms with Gasteiger partial charge in [0.15, 0.2) is 0 Å². The zero-order valence-corrected chi connectivity index (χ0v) is 6.97. The van der Waals surface area contributed by atoms with Gasteiger partial charge in [0.1, 0.15) is 0 Å². The summed E-state index contributed by atoms with van der Waals surface area (Å²) in [5, 5.41) is 0. The van der Waals surface area contributed by atoms with Crippen molar-refractivity contribution < 1.29 is 0 Å². The van der Waals surface area contributed by atoms with Crippen LogP contribution in [-0.2, 0) is 0 Å². The molecule has 60 valence electrons. The molecular formula is C9H19N. The second-order valence-corrected chi connectivity index (χ2v) is 3.72. The van der Waals surface area contributed by atoms with Gasteiger partial charge in [-0.05, 0) is 31.2 Å². The molecule has 1 rings (SSSR count). The van der Waals surface area contributed by atoms with Crippen LogP contribution in [0, 0.1) is 11.8 Å². The van der Waals surface area contributed by atoms with Crippen LogP contribution in [0.15, 0.2) is 0 Å². The molecule has 0 aliphatic heterocycles. The Hall–Kier alpha value is -0.0400. The van der Waals surface area contributed by atoms with Crippen molar-refractivity contribution in [3.8, 4) is 0 Å². The first-order valence-corrected chi connectivity index (χ1v) is 4.53. The second-order valence-electron chi connectivity index (χ2n) is 3.72. The number of rotatable bonds is 4. The maximum atomic E-state index is 5.46. The van der Waals surface area contributed by atoms with Crippen molar-refractivity contribution in [1.82, 2.24) is 0 Å². The molecule has 0 amide bonds. The molecule has 0 spiro atoms. The summed E-state index contributed by atoms with van der Waals surface area (Å²) < 4.78 is 0. The predicted molar refractivity (Wildman–Crippen MR) is 44.8 cm³/mol. The average molecular weight is 141 g/mol. The highest BCUT2D eigenvalue weighted by Crippen LogP contribution is 2.32. The molecule has 1 saturated carbocycles. The molecule has 0 radical (unpaired) electrons. The zero-order chi connectivity index (χ0) is 7.40. The minimum absolute atomic E-state index is 0.869. The van der Waals surface area contributed by atoms with E-state index in [1.807, 2.05) is 0 Å². The summed E-state index contributed by atoms with van der Waals surface area (Å²) in [7, 11) is 0. The van der Waals surface area contributed by atoms with E-state index in [2.05, 4.69) is 6.92 Å². The van der Waals surface area contributed by atoms with E-state index >= 15 is 0 Å². The van der Waals surface area contributed by atoms with Gasteiger partial charge in [-0.15, -0.1) is 0 Å². The van der Waals surface area contributed by atoms with Crippen molar-refractivity contribution in [2.24, 2.45) is 17.6 Å². The lowest BCUT2D eigenvalue weighted by molar-refractivity contribution is 0.252. The van der Waals surface area contributed by atoms with Crippen LogP contribution >= 0.6 is 0 Å². The van der Waals surface area contributed by atoms with Gasteiger partial charge in [0.05, 0.1) is 0 Å². The highest BCUT2D eigenvalue weighted by atomic mass is 14.5. The van der Waals surface area contributed by atoms with E-state index in [1.165, 1.54) is 32.1 Å². The summed E-state index contributed by atoms with van der Waals surface area (Å²) in [6.45, 7) is 3.19. The Morgan fingerprint density at radius 2 is 2.20 bits per heavy atom. The predicted octanol–water partition coefficient (Wildman–Crippen LogP) is 2.16. The molecule has 2 N–H and O–H groups in total. The SMILES string of the molecule is CC(CCN)CC1CCC1. The molecule has 0 aromatic heterocycles. The Balaban J connectivity index is 1.99.